The second-order valence-electron chi connectivity index (χ2n) is 2.58. The molecule has 2 heteroatoms. The van der Waals surface area contributed by atoms with Crippen LogP contribution in [-0.4, -0.2) is 23.4 Å². The number of hydrogen-bond acceptors (Lipinski definition) is 2. The van der Waals surface area contributed by atoms with Crippen molar-refractivity contribution in [3.63, 3.8) is 0 Å². The molecule has 0 spiro atoms. The van der Waals surface area contributed by atoms with Crippen LogP contribution in [0.15, 0.2) is 0 Å². The molecule has 0 amide bonds. The Labute approximate surface area is 63.9 Å². The van der Waals surface area contributed by atoms with Gasteiger partial charge in [-0.2, -0.15) is 0 Å². The lowest BCUT2D eigenvalue weighted by Gasteiger charge is -1.98. The van der Waals surface area contributed by atoms with Gasteiger partial charge >= 0.3 is 0 Å². The lowest BCUT2D eigenvalue weighted by atomic mass is 10.1. The van der Waals surface area contributed by atoms with Gasteiger partial charge in [-0.05, 0) is 25.7 Å². The maximum Gasteiger partial charge on any atom is 0.0431 e. The van der Waals surface area contributed by atoms with Gasteiger partial charge in [-0.3, -0.25) is 0 Å². The number of aliphatic hydroxyl groups is 2. The lowest BCUT2D eigenvalue weighted by molar-refractivity contribution is 0.276. The summed E-state index contributed by atoms with van der Waals surface area (Å²) in [6.07, 6.45) is 2.11. The summed E-state index contributed by atoms with van der Waals surface area (Å²) >= 11 is 0. The van der Waals surface area contributed by atoms with E-state index in [4.69, 9.17) is 10.2 Å². The molecule has 0 atom stereocenters. The largest absolute Gasteiger partial charge is 0.397 e. The van der Waals surface area contributed by atoms with Crippen LogP contribution < -0.4 is 0 Å². The molecule has 0 radical (unpaired) electrons. The average Bonchev–Trinajstić information content (AvgIpc) is 1.85. The third-order valence-corrected chi connectivity index (χ3v) is 0.940. The zero-order valence-electron chi connectivity index (χ0n) is 7.30. The molecule has 0 aromatic heterocycles. The van der Waals surface area contributed by atoms with Crippen molar-refractivity contribution >= 4 is 0 Å². The van der Waals surface area contributed by atoms with Gasteiger partial charge < -0.3 is 10.2 Å². The molecule has 0 bridgehead atoms. The van der Waals surface area contributed by atoms with Gasteiger partial charge in [0.1, 0.15) is 0 Å². The standard InChI is InChI=1S/C6H14O.C2H6O/c1-6(2)4-3-5-7;1-2-3/h6-7H,3-5H2,1-2H3;3H,2H2,1H3. The lowest BCUT2D eigenvalue weighted by Crippen LogP contribution is -1.89. The Morgan fingerprint density at radius 2 is 1.60 bits per heavy atom. The molecule has 0 unspecified atom stereocenters. The SMILES string of the molecule is CC(C)CCCO.CCO. The highest BCUT2D eigenvalue weighted by Crippen LogP contribution is 2.00. The molecular formula is C8H20O2. The first kappa shape index (κ1) is 12.6. The van der Waals surface area contributed by atoms with E-state index >= 15 is 0 Å². The Hall–Kier alpha value is -0.0800. The van der Waals surface area contributed by atoms with Crippen molar-refractivity contribution in [2.45, 2.75) is 33.6 Å². The van der Waals surface area contributed by atoms with Crippen LogP contribution >= 0.6 is 0 Å². The van der Waals surface area contributed by atoms with Crippen LogP contribution in [0.1, 0.15) is 33.6 Å². The smallest absolute Gasteiger partial charge is 0.0431 e. The normalized spacial score (nSPS) is 9.00. The van der Waals surface area contributed by atoms with Crippen LogP contribution in [-0.2, 0) is 0 Å². The van der Waals surface area contributed by atoms with Crippen LogP contribution in [0.4, 0.5) is 0 Å². The highest BCUT2D eigenvalue weighted by Gasteiger charge is 1.89. The van der Waals surface area contributed by atoms with E-state index in [1.54, 1.807) is 6.92 Å². The maximum absolute atomic E-state index is 8.32. The highest BCUT2D eigenvalue weighted by atomic mass is 16.3. The van der Waals surface area contributed by atoms with Crippen LogP contribution in [0.3, 0.4) is 0 Å². The highest BCUT2D eigenvalue weighted by molar-refractivity contribution is 4.42. The molecule has 2 N–H and O–H groups in total. The first-order valence-corrected chi connectivity index (χ1v) is 3.90. The first-order chi connectivity index (χ1) is 4.68. The topological polar surface area (TPSA) is 40.5 Å². The summed E-state index contributed by atoms with van der Waals surface area (Å²) in [7, 11) is 0. The summed E-state index contributed by atoms with van der Waals surface area (Å²) in [6.45, 7) is 6.60. The molecule has 0 aliphatic heterocycles. The second kappa shape index (κ2) is 11.7. The van der Waals surface area contributed by atoms with Gasteiger partial charge in [0.2, 0.25) is 0 Å². The third-order valence-electron chi connectivity index (χ3n) is 0.940. The predicted octanol–water partition coefficient (Wildman–Crippen LogP) is 1.41. The van der Waals surface area contributed by atoms with E-state index in [1.165, 1.54) is 0 Å². The minimum absolute atomic E-state index is 0.250. The Bertz CT molecular complexity index is 44.5. The molecule has 10 heavy (non-hydrogen) atoms. The molecule has 0 saturated carbocycles. The van der Waals surface area contributed by atoms with Crippen LogP contribution in [0.25, 0.3) is 0 Å². The van der Waals surface area contributed by atoms with Gasteiger partial charge in [-0.25, -0.2) is 0 Å². The molecule has 2 nitrogen and oxygen atoms in total. The van der Waals surface area contributed by atoms with Crippen molar-refractivity contribution in [2.24, 2.45) is 5.92 Å². The summed E-state index contributed by atoms with van der Waals surface area (Å²) < 4.78 is 0. The van der Waals surface area contributed by atoms with E-state index in [0.29, 0.717) is 6.61 Å². The van der Waals surface area contributed by atoms with E-state index < -0.39 is 0 Å². The van der Waals surface area contributed by atoms with Gasteiger partial charge in [0.05, 0.1) is 0 Å². The molecule has 0 fully saturated rings. The predicted molar refractivity (Wildman–Crippen MR) is 43.9 cm³/mol. The molecule has 0 aliphatic rings. The van der Waals surface area contributed by atoms with Gasteiger partial charge in [0, 0.05) is 13.2 Å². The van der Waals surface area contributed by atoms with E-state index in [2.05, 4.69) is 13.8 Å². The van der Waals surface area contributed by atoms with Crippen molar-refractivity contribution in [3.05, 3.63) is 0 Å². The third kappa shape index (κ3) is 24.7. The summed E-state index contributed by atoms with van der Waals surface area (Å²) in [6, 6.07) is 0. The van der Waals surface area contributed by atoms with Crippen LogP contribution in [0, 0.1) is 5.92 Å². The van der Waals surface area contributed by atoms with Gasteiger partial charge in [0.25, 0.3) is 0 Å². The monoisotopic (exact) mass is 148 g/mol. The van der Waals surface area contributed by atoms with Gasteiger partial charge in [0.15, 0.2) is 0 Å². The Balaban J connectivity index is 0. The molecule has 0 heterocycles. The summed E-state index contributed by atoms with van der Waals surface area (Å²) in [4.78, 5) is 0. The summed E-state index contributed by atoms with van der Waals surface area (Å²) in [5.41, 5.74) is 0. The van der Waals surface area contributed by atoms with Crippen molar-refractivity contribution in [2.75, 3.05) is 13.2 Å². The average molecular weight is 148 g/mol. The van der Waals surface area contributed by atoms with E-state index in [1.807, 2.05) is 0 Å². The molecule has 64 valence electrons. The molecule has 0 aromatic carbocycles. The molecular weight excluding hydrogens is 128 g/mol. The second-order valence-corrected chi connectivity index (χ2v) is 2.58. The summed E-state index contributed by atoms with van der Waals surface area (Å²) in [5, 5.41) is 15.9. The maximum atomic E-state index is 8.32. The zero-order chi connectivity index (χ0) is 8.41. The Morgan fingerprint density at radius 1 is 1.20 bits per heavy atom. The van der Waals surface area contributed by atoms with Gasteiger partial charge in [-0.1, -0.05) is 13.8 Å². The summed E-state index contributed by atoms with van der Waals surface area (Å²) in [5.74, 6) is 0.743. The minimum Gasteiger partial charge on any atom is -0.397 e. The minimum atomic E-state index is 0.250. The first-order valence-electron chi connectivity index (χ1n) is 3.90. The quantitative estimate of drug-likeness (QED) is 0.635. The number of aliphatic hydroxyl groups excluding tert-OH is 2. The van der Waals surface area contributed by atoms with Crippen molar-refractivity contribution in [1.29, 1.82) is 0 Å². The van der Waals surface area contributed by atoms with Crippen LogP contribution in [0.2, 0.25) is 0 Å². The fourth-order valence-electron chi connectivity index (χ4n) is 0.500. The van der Waals surface area contributed by atoms with Crippen molar-refractivity contribution in [1.82, 2.24) is 0 Å². The number of hydrogen-bond donors (Lipinski definition) is 2. The fraction of sp³-hybridized carbons (Fsp3) is 1.00. The van der Waals surface area contributed by atoms with E-state index in [-0.39, 0.29) is 6.61 Å². The molecule has 0 rings (SSSR count). The Kier molecular flexibility index (Phi) is 14.7. The van der Waals surface area contributed by atoms with Crippen LogP contribution in [0.5, 0.6) is 0 Å². The molecule has 0 aliphatic carbocycles. The van der Waals surface area contributed by atoms with Crippen molar-refractivity contribution in [3.8, 4) is 0 Å². The molecule has 0 saturated heterocycles. The van der Waals surface area contributed by atoms with E-state index in [9.17, 15) is 0 Å². The molecule has 0 aromatic rings. The van der Waals surface area contributed by atoms with Crippen molar-refractivity contribution < 1.29 is 10.2 Å². The number of rotatable bonds is 3. The zero-order valence-corrected chi connectivity index (χ0v) is 7.30. The van der Waals surface area contributed by atoms with Gasteiger partial charge in [-0.15, -0.1) is 0 Å². The fourth-order valence-corrected chi connectivity index (χ4v) is 0.500. The van der Waals surface area contributed by atoms with E-state index in [0.717, 1.165) is 18.8 Å². The Morgan fingerprint density at radius 3 is 1.70 bits per heavy atom.